The van der Waals surface area contributed by atoms with Gasteiger partial charge in [0.15, 0.2) is 0 Å². The summed E-state index contributed by atoms with van der Waals surface area (Å²) in [6.45, 7) is 5.88. The number of hydrogen-bond donors (Lipinski definition) is 1. The molecular weight excluding hydrogens is 290 g/mol. The van der Waals surface area contributed by atoms with E-state index in [-0.39, 0.29) is 5.97 Å². The predicted molar refractivity (Wildman–Crippen MR) is 94.1 cm³/mol. The van der Waals surface area contributed by atoms with Crippen molar-refractivity contribution in [1.82, 2.24) is 9.88 Å². The summed E-state index contributed by atoms with van der Waals surface area (Å²) >= 11 is 0. The summed E-state index contributed by atoms with van der Waals surface area (Å²) in [5, 5.41) is 4.36. The number of rotatable bonds is 7. The van der Waals surface area contributed by atoms with Crippen LogP contribution in [0.4, 0.5) is 5.69 Å². The van der Waals surface area contributed by atoms with E-state index in [0.29, 0.717) is 12.2 Å². The van der Waals surface area contributed by atoms with Crippen molar-refractivity contribution in [1.29, 1.82) is 0 Å². The Hall–Kier alpha value is -2.14. The van der Waals surface area contributed by atoms with Crippen molar-refractivity contribution in [2.24, 2.45) is 0 Å². The van der Waals surface area contributed by atoms with E-state index in [1.807, 2.05) is 26.2 Å². The Morgan fingerprint density at radius 1 is 1.30 bits per heavy atom. The van der Waals surface area contributed by atoms with Crippen LogP contribution in [-0.2, 0) is 11.2 Å². The highest BCUT2D eigenvalue weighted by atomic mass is 16.5. The maximum absolute atomic E-state index is 12.2. The lowest BCUT2D eigenvalue weighted by Gasteiger charge is -2.17. The molecule has 1 aromatic heterocycles. The standard InChI is InChI=1S/C18H25N3O2/c1-5-13-8-7-9-14-16(13)20-12-15(18(22)23-6-2)17(14)19-10-11-21(3)4/h7-9,12H,5-6,10-11H2,1-4H3,(H,19,20). The van der Waals surface area contributed by atoms with Gasteiger partial charge in [-0.3, -0.25) is 4.98 Å². The van der Waals surface area contributed by atoms with Gasteiger partial charge < -0.3 is 15.0 Å². The number of benzene rings is 1. The number of hydrogen-bond acceptors (Lipinski definition) is 5. The highest BCUT2D eigenvalue weighted by Crippen LogP contribution is 2.28. The van der Waals surface area contributed by atoms with Crippen LogP contribution in [0.3, 0.4) is 0 Å². The van der Waals surface area contributed by atoms with E-state index < -0.39 is 0 Å². The Balaban J connectivity index is 2.50. The van der Waals surface area contributed by atoms with Crippen molar-refractivity contribution >= 4 is 22.6 Å². The van der Waals surface area contributed by atoms with Crippen LogP contribution in [0.15, 0.2) is 24.4 Å². The third kappa shape index (κ3) is 3.99. The van der Waals surface area contributed by atoms with Crippen LogP contribution < -0.4 is 5.32 Å². The van der Waals surface area contributed by atoms with Gasteiger partial charge in [0.05, 0.1) is 17.8 Å². The smallest absolute Gasteiger partial charge is 0.341 e. The molecule has 0 unspecified atom stereocenters. The fourth-order valence-corrected chi connectivity index (χ4v) is 2.53. The average Bonchev–Trinajstić information content (AvgIpc) is 2.54. The Morgan fingerprint density at radius 2 is 2.09 bits per heavy atom. The second kappa shape index (κ2) is 7.92. The van der Waals surface area contributed by atoms with Crippen LogP contribution >= 0.6 is 0 Å². The van der Waals surface area contributed by atoms with Gasteiger partial charge in [-0.25, -0.2) is 4.79 Å². The molecule has 1 N–H and O–H groups in total. The summed E-state index contributed by atoms with van der Waals surface area (Å²) in [6.07, 6.45) is 2.53. The van der Waals surface area contributed by atoms with Gasteiger partial charge in [0.25, 0.3) is 0 Å². The Labute approximate surface area is 137 Å². The number of nitrogens with zero attached hydrogens (tertiary/aromatic N) is 2. The molecule has 0 fully saturated rings. The zero-order chi connectivity index (χ0) is 16.8. The molecule has 0 aliphatic rings. The summed E-state index contributed by atoms with van der Waals surface area (Å²) < 4.78 is 5.17. The van der Waals surface area contributed by atoms with Gasteiger partial charge in [-0.2, -0.15) is 0 Å². The first-order valence-electron chi connectivity index (χ1n) is 8.04. The molecule has 0 aliphatic carbocycles. The molecular formula is C18H25N3O2. The molecule has 5 heteroatoms. The van der Waals surface area contributed by atoms with E-state index in [9.17, 15) is 4.79 Å². The number of carbonyl (C=O) groups is 1. The normalized spacial score (nSPS) is 11.0. The Morgan fingerprint density at radius 3 is 2.74 bits per heavy atom. The summed E-state index contributed by atoms with van der Waals surface area (Å²) in [4.78, 5) is 18.9. The molecule has 0 bridgehead atoms. The molecule has 0 atom stereocenters. The number of likely N-dealkylation sites (N-methyl/N-ethyl adjacent to an activating group) is 1. The summed E-state index contributed by atoms with van der Waals surface area (Å²) in [7, 11) is 4.04. The van der Waals surface area contributed by atoms with Gasteiger partial charge in [0, 0.05) is 24.7 Å². The second-order valence-corrected chi connectivity index (χ2v) is 5.66. The van der Waals surface area contributed by atoms with E-state index in [2.05, 4.69) is 28.2 Å². The van der Waals surface area contributed by atoms with Crippen molar-refractivity contribution in [2.75, 3.05) is 39.1 Å². The molecule has 124 valence electrons. The van der Waals surface area contributed by atoms with Gasteiger partial charge >= 0.3 is 5.97 Å². The minimum absolute atomic E-state index is 0.337. The largest absolute Gasteiger partial charge is 0.462 e. The van der Waals surface area contributed by atoms with E-state index in [1.54, 1.807) is 13.1 Å². The molecule has 0 amide bonds. The van der Waals surface area contributed by atoms with Crippen LogP contribution in [0.25, 0.3) is 10.9 Å². The van der Waals surface area contributed by atoms with Gasteiger partial charge in [-0.1, -0.05) is 25.1 Å². The molecule has 1 heterocycles. The number of carbonyl (C=O) groups excluding carboxylic acids is 1. The van der Waals surface area contributed by atoms with Crippen molar-refractivity contribution in [3.05, 3.63) is 35.5 Å². The monoisotopic (exact) mass is 315 g/mol. The first-order valence-corrected chi connectivity index (χ1v) is 8.04. The zero-order valence-corrected chi connectivity index (χ0v) is 14.3. The highest BCUT2D eigenvalue weighted by Gasteiger charge is 2.17. The van der Waals surface area contributed by atoms with E-state index in [0.717, 1.165) is 36.1 Å². The number of aryl methyl sites for hydroxylation is 1. The third-order valence-corrected chi connectivity index (χ3v) is 3.72. The van der Waals surface area contributed by atoms with Crippen LogP contribution in [-0.4, -0.2) is 49.6 Å². The lowest BCUT2D eigenvalue weighted by atomic mass is 10.0. The Kier molecular flexibility index (Phi) is 5.93. The summed E-state index contributed by atoms with van der Waals surface area (Å²) in [5.74, 6) is -0.337. The fraction of sp³-hybridized carbons (Fsp3) is 0.444. The number of anilines is 1. The quantitative estimate of drug-likeness (QED) is 0.796. The first kappa shape index (κ1) is 17.2. The zero-order valence-electron chi connectivity index (χ0n) is 14.3. The van der Waals surface area contributed by atoms with Crippen molar-refractivity contribution in [2.45, 2.75) is 20.3 Å². The molecule has 1 aromatic carbocycles. The summed E-state index contributed by atoms with van der Waals surface area (Å²) in [6, 6.07) is 6.08. The molecule has 0 saturated carbocycles. The van der Waals surface area contributed by atoms with Crippen molar-refractivity contribution in [3.8, 4) is 0 Å². The maximum Gasteiger partial charge on any atom is 0.341 e. The SMILES string of the molecule is CCOC(=O)c1cnc2c(CC)cccc2c1NCCN(C)C. The third-order valence-electron chi connectivity index (χ3n) is 3.72. The fourth-order valence-electron chi connectivity index (χ4n) is 2.53. The van der Waals surface area contributed by atoms with Crippen molar-refractivity contribution < 1.29 is 9.53 Å². The van der Waals surface area contributed by atoms with Gasteiger partial charge in [-0.05, 0) is 33.0 Å². The summed E-state index contributed by atoms with van der Waals surface area (Å²) in [5.41, 5.74) is 3.42. The molecule has 0 aliphatic heterocycles. The van der Waals surface area contributed by atoms with Crippen LogP contribution in [0.5, 0.6) is 0 Å². The molecule has 0 spiro atoms. The first-order chi connectivity index (χ1) is 11.1. The molecule has 2 rings (SSSR count). The minimum atomic E-state index is -0.337. The van der Waals surface area contributed by atoms with Crippen molar-refractivity contribution in [3.63, 3.8) is 0 Å². The predicted octanol–water partition coefficient (Wildman–Crippen LogP) is 2.95. The number of para-hydroxylation sites is 1. The molecule has 23 heavy (non-hydrogen) atoms. The average molecular weight is 315 g/mol. The number of ether oxygens (including phenoxy) is 1. The topological polar surface area (TPSA) is 54.5 Å². The number of nitrogens with one attached hydrogen (secondary N) is 1. The van der Waals surface area contributed by atoms with Gasteiger partial charge in [-0.15, -0.1) is 0 Å². The van der Waals surface area contributed by atoms with Gasteiger partial charge in [0.2, 0.25) is 0 Å². The molecule has 2 aromatic rings. The number of esters is 1. The number of aromatic nitrogens is 1. The Bertz CT molecular complexity index is 683. The molecule has 5 nitrogen and oxygen atoms in total. The second-order valence-electron chi connectivity index (χ2n) is 5.66. The minimum Gasteiger partial charge on any atom is -0.462 e. The maximum atomic E-state index is 12.2. The van der Waals surface area contributed by atoms with Crippen LogP contribution in [0, 0.1) is 0 Å². The highest BCUT2D eigenvalue weighted by molar-refractivity contribution is 6.05. The van der Waals surface area contributed by atoms with E-state index >= 15 is 0 Å². The molecule has 0 saturated heterocycles. The van der Waals surface area contributed by atoms with E-state index in [1.165, 1.54) is 5.56 Å². The lowest BCUT2D eigenvalue weighted by Crippen LogP contribution is -2.22. The van der Waals surface area contributed by atoms with E-state index in [4.69, 9.17) is 4.74 Å². The van der Waals surface area contributed by atoms with Crippen LogP contribution in [0.2, 0.25) is 0 Å². The number of fused-ring (bicyclic) bond motifs is 1. The molecule has 0 radical (unpaired) electrons. The number of pyridine rings is 1. The lowest BCUT2D eigenvalue weighted by molar-refractivity contribution is 0.0527. The van der Waals surface area contributed by atoms with Gasteiger partial charge in [0.1, 0.15) is 5.56 Å². The van der Waals surface area contributed by atoms with Crippen LogP contribution in [0.1, 0.15) is 29.8 Å².